The molecule has 3 rings (SSSR count). The number of hydrogen-bond acceptors (Lipinski definition) is 2. The van der Waals surface area contributed by atoms with Gasteiger partial charge in [0.1, 0.15) is 11.6 Å². The van der Waals surface area contributed by atoms with Gasteiger partial charge in [-0.05, 0) is 49.1 Å². The van der Waals surface area contributed by atoms with E-state index in [0.29, 0.717) is 12.3 Å². The van der Waals surface area contributed by atoms with Crippen molar-refractivity contribution in [3.05, 3.63) is 35.4 Å². The monoisotopic (exact) mass is 252 g/mol. The van der Waals surface area contributed by atoms with Crippen molar-refractivity contribution in [2.24, 2.45) is 23.6 Å². The third-order valence-corrected chi connectivity index (χ3v) is 4.64. The summed E-state index contributed by atoms with van der Waals surface area (Å²) in [5.74, 6) is 6.58. The Hall–Kier alpha value is -1.00. The summed E-state index contributed by atoms with van der Waals surface area (Å²) < 4.78 is 27.2. The smallest absolute Gasteiger partial charge is 0.129 e. The molecule has 2 nitrogen and oxygen atoms in total. The molecule has 98 valence electrons. The van der Waals surface area contributed by atoms with E-state index in [9.17, 15) is 8.78 Å². The summed E-state index contributed by atoms with van der Waals surface area (Å²) in [5, 5.41) is 0. The van der Waals surface area contributed by atoms with Crippen LogP contribution in [-0.4, -0.2) is 6.04 Å². The molecule has 0 spiro atoms. The molecule has 0 radical (unpaired) electrons. The molecular formula is C14H18F2N2. The van der Waals surface area contributed by atoms with Gasteiger partial charge in [-0.3, -0.25) is 11.3 Å². The average molecular weight is 252 g/mol. The molecular weight excluding hydrogens is 234 g/mol. The number of nitrogens with one attached hydrogen (secondary N) is 1. The van der Waals surface area contributed by atoms with Gasteiger partial charge >= 0.3 is 0 Å². The van der Waals surface area contributed by atoms with Crippen LogP contribution in [-0.2, 0) is 6.42 Å². The molecule has 3 unspecified atom stereocenters. The maximum Gasteiger partial charge on any atom is 0.129 e. The molecule has 0 aliphatic heterocycles. The van der Waals surface area contributed by atoms with Crippen molar-refractivity contribution in [2.45, 2.75) is 31.7 Å². The van der Waals surface area contributed by atoms with E-state index in [1.54, 1.807) is 0 Å². The molecule has 2 fully saturated rings. The highest BCUT2D eigenvalue weighted by molar-refractivity contribution is 5.22. The van der Waals surface area contributed by atoms with E-state index in [-0.39, 0.29) is 11.6 Å². The molecule has 0 bridgehead atoms. The molecule has 2 saturated carbocycles. The highest BCUT2D eigenvalue weighted by Crippen LogP contribution is 2.59. The molecule has 4 heteroatoms. The summed E-state index contributed by atoms with van der Waals surface area (Å²) in [6.07, 6.45) is 4.12. The van der Waals surface area contributed by atoms with Gasteiger partial charge in [0, 0.05) is 11.6 Å². The predicted molar refractivity (Wildman–Crippen MR) is 65.5 cm³/mol. The molecule has 2 aliphatic carbocycles. The second-order valence-corrected chi connectivity index (χ2v) is 5.51. The fourth-order valence-corrected chi connectivity index (χ4v) is 3.73. The molecule has 3 atom stereocenters. The molecule has 1 aromatic rings. The van der Waals surface area contributed by atoms with Gasteiger partial charge in [0.25, 0.3) is 0 Å². The van der Waals surface area contributed by atoms with E-state index in [0.717, 1.165) is 11.8 Å². The Kier molecular flexibility index (Phi) is 3.08. The van der Waals surface area contributed by atoms with Crippen molar-refractivity contribution in [3.8, 4) is 0 Å². The van der Waals surface area contributed by atoms with Crippen LogP contribution in [0.3, 0.4) is 0 Å². The van der Waals surface area contributed by atoms with E-state index in [4.69, 9.17) is 5.84 Å². The van der Waals surface area contributed by atoms with E-state index >= 15 is 0 Å². The summed E-state index contributed by atoms with van der Waals surface area (Å²) in [6, 6.07) is 4.00. The third kappa shape index (κ3) is 1.93. The van der Waals surface area contributed by atoms with Crippen LogP contribution in [0.25, 0.3) is 0 Å². The predicted octanol–water partition coefficient (Wildman–Crippen LogP) is 2.39. The maximum absolute atomic E-state index is 13.6. The molecule has 3 N–H and O–H groups in total. The zero-order chi connectivity index (χ0) is 12.7. The van der Waals surface area contributed by atoms with Crippen molar-refractivity contribution in [1.29, 1.82) is 0 Å². The lowest BCUT2D eigenvalue weighted by atomic mass is 9.97. The normalized spacial score (nSPS) is 31.2. The lowest BCUT2D eigenvalue weighted by Gasteiger charge is -2.18. The Morgan fingerprint density at radius 1 is 1.22 bits per heavy atom. The van der Waals surface area contributed by atoms with Crippen LogP contribution in [0, 0.1) is 29.4 Å². The minimum Gasteiger partial charge on any atom is -0.271 e. The van der Waals surface area contributed by atoms with Gasteiger partial charge in [-0.1, -0.05) is 12.5 Å². The zero-order valence-electron chi connectivity index (χ0n) is 10.2. The number of rotatable bonds is 4. The lowest BCUT2D eigenvalue weighted by Crippen LogP contribution is -2.40. The Morgan fingerprint density at radius 3 is 2.39 bits per heavy atom. The van der Waals surface area contributed by atoms with Crippen LogP contribution in [0.5, 0.6) is 0 Å². The number of hydrazine groups is 1. The van der Waals surface area contributed by atoms with E-state index in [1.165, 1.54) is 37.5 Å². The number of nitrogens with two attached hydrogens (primary N) is 1. The lowest BCUT2D eigenvalue weighted by molar-refractivity contribution is 0.398. The zero-order valence-corrected chi connectivity index (χ0v) is 10.2. The highest BCUT2D eigenvalue weighted by Gasteiger charge is 2.55. The first-order valence-electron chi connectivity index (χ1n) is 6.61. The van der Waals surface area contributed by atoms with Crippen molar-refractivity contribution >= 4 is 0 Å². The summed E-state index contributed by atoms with van der Waals surface area (Å²) in [6.45, 7) is 0. The minimum atomic E-state index is -0.471. The van der Waals surface area contributed by atoms with E-state index in [1.807, 2.05) is 0 Å². The number of hydrogen-bond donors (Lipinski definition) is 2. The molecule has 0 saturated heterocycles. The maximum atomic E-state index is 13.6. The first kappa shape index (κ1) is 12.1. The van der Waals surface area contributed by atoms with Gasteiger partial charge in [-0.2, -0.15) is 0 Å². The van der Waals surface area contributed by atoms with Gasteiger partial charge in [-0.15, -0.1) is 0 Å². The van der Waals surface area contributed by atoms with Gasteiger partial charge in [0.15, 0.2) is 0 Å². The quantitative estimate of drug-likeness (QED) is 0.638. The Bertz CT molecular complexity index is 419. The number of fused-ring (bicyclic) bond motifs is 1. The number of benzene rings is 1. The van der Waals surface area contributed by atoms with Gasteiger partial charge in [0.2, 0.25) is 0 Å². The summed E-state index contributed by atoms with van der Waals surface area (Å²) in [5.41, 5.74) is 2.92. The first-order chi connectivity index (χ1) is 8.72. The SMILES string of the molecule is NNC(Cc1c(F)cccc1F)C1C2CCCC21. The van der Waals surface area contributed by atoms with Gasteiger partial charge < -0.3 is 0 Å². The standard InChI is InChI=1S/C14H18F2N2/c15-11-5-2-6-12(16)10(11)7-13(18-17)14-8-3-1-4-9(8)14/h2,5-6,8-9,13-14,18H,1,3-4,7,17H2. The molecule has 1 aromatic carbocycles. The second-order valence-electron chi connectivity index (χ2n) is 5.51. The van der Waals surface area contributed by atoms with Crippen LogP contribution < -0.4 is 11.3 Å². The second kappa shape index (κ2) is 4.59. The van der Waals surface area contributed by atoms with Crippen LogP contribution in [0.2, 0.25) is 0 Å². The molecule has 18 heavy (non-hydrogen) atoms. The summed E-state index contributed by atoms with van der Waals surface area (Å²) in [7, 11) is 0. The van der Waals surface area contributed by atoms with E-state index in [2.05, 4.69) is 5.43 Å². The van der Waals surface area contributed by atoms with Crippen molar-refractivity contribution in [3.63, 3.8) is 0 Å². The summed E-state index contributed by atoms with van der Waals surface area (Å²) >= 11 is 0. The largest absolute Gasteiger partial charge is 0.271 e. The van der Waals surface area contributed by atoms with Crippen LogP contribution >= 0.6 is 0 Å². The summed E-state index contributed by atoms with van der Waals surface area (Å²) in [4.78, 5) is 0. The third-order valence-electron chi connectivity index (χ3n) is 4.64. The van der Waals surface area contributed by atoms with Gasteiger partial charge in [-0.25, -0.2) is 8.78 Å². The van der Waals surface area contributed by atoms with Crippen molar-refractivity contribution < 1.29 is 8.78 Å². The topological polar surface area (TPSA) is 38.0 Å². The first-order valence-corrected chi connectivity index (χ1v) is 6.61. The molecule has 0 amide bonds. The highest BCUT2D eigenvalue weighted by atomic mass is 19.1. The van der Waals surface area contributed by atoms with Crippen LogP contribution in [0.4, 0.5) is 8.78 Å². The van der Waals surface area contributed by atoms with E-state index < -0.39 is 11.6 Å². The van der Waals surface area contributed by atoms with Crippen LogP contribution in [0.15, 0.2) is 18.2 Å². The molecule has 2 aliphatic rings. The van der Waals surface area contributed by atoms with Crippen LogP contribution in [0.1, 0.15) is 24.8 Å². The molecule has 0 heterocycles. The minimum absolute atomic E-state index is 0.00769. The van der Waals surface area contributed by atoms with Crippen molar-refractivity contribution in [1.82, 2.24) is 5.43 Å². The Labute approximate surface area is 106 Å². The van der Waals surface area contributed by atoms with Crippen molar-refractivity contribution in [2.75, 3.05) is 0 Å². The average Bonchev–Trinajstić information content (AvgIpc) is 2.83. The van der Waals surface area contributed by atoms with Gasteiger partial charge in [0.05, 0.1) is 0 Å². The fourth-order valence-electron chi connectivity index (χ4n) is 3.73. The fraction of sp³-hybridized carbons (Fsp3) is 0.571. The Morgan fingerprint density at radius 2 is 1.83 bits per heavy atom. The molecule has 0 aromatic heterocycles. The Balaban J connectivity index is 1.74. The number of halogens is 2.